The average molecular weight is 166 g/mol. The second-order valence-corrected chi connectivity index (χ2v) is 4.93. The smallest absolute Gasteiger partial charge is 0.0173 e. The molecule has 1 aliphatic carbocycles. The molecule has 1 aliphatic rings. The molecule has 12 heavy (non-hydrogen) atoms. The monoisotopic (exact) mass is 166 g/mol. The number of hydrogen-bond acceptors (Lipinski definition) is 0. The Morgan fingerprint density at radius 1 is 1.00 bits per heavy atom. The Labute approximate surface area is 77.1 Å². The molecule has 0 radical (unpaired) electrons. The maximum atomic E-state index is 2.49. The highest BCUT2D eigenvalue weighted by molar-refractivity contribution is 5.11. The molecule has 0 atom stereocenters. The molecule has 0 aromatic rings. The zero-order chi connectivity index (χ0) is 9.03. The van der Waals surface area contributed by atoms with Crippen LogP contribution in [0.3, 0.4) is 0 Å². The fraction of sp³-hybridized carbons (Fsp3) is 0.833. The van der Waals surface area contributed by atoms with Crippen molar-refractivity contribution in [1.29, 1.82) is 0 Å². The third-order valence-corrected chi connectivity index (χ3v) is 2.75. The molecule has 0 spiro atoms. The van der Waals surface area contributed by atoms with E-state index in [1.165, 1.54) is 38.5 Å². The first-order valence-electron chi connectivity index (χ1n) is 5.30. The summed E-state index contributed by atoms with van der Waals surface area (Å²) < 4.78 is 0. The van der Waals surface area contributed by atoms with Crippen LogP contribution in [0.4, 0.5) is 0 Å². The number of hydrogen-bond donors (Lipinski definition) is 0. The van der Waals surface area contributed by atoms with Gasteiger partial charge < -0.3 is 0 Å². The summed E-state index contributed by atoms with van der Waals surface area (Å²) in [5.74, 6) is 0. The number of rotatable bonds is 0. The van der Waals surface area contributed by atoms with Crippen molar-refractivity contribution in [2.24, 2.45) is 5.41 Å². The first-order chi connectivity index (χ1) is 5.61. The van der Waals surface area contributed by atoms with Crippen molar-refractivity contribution in [3.8, 4) is 0 Å². The van der Waals surface area contributed by atoms with Gasteiger partial charge in [-0.05, 0) is 31.1 Å². The number of allylic oxidation sites excluding steroid dienone is 2. The SMILES string of the molecule is CC(C)(C)C1=CCCCCCC1. The Kier molecular flexibility index (Phi) is 3.37. The van der Waals surface area contributed by atoms with Crippen molar-refractivity contribution in [3.05, 3.63) is 11.6 Å². The lowest BCUT2D eigenvalue weighted by Crippen LogP contribution is -2.10. The van der Waals surface area contributed by atoms with E-state index in [2.05, 4.69) is 26.8 Å². The van der Waals surface area contributed by atoms with Crippen LogP contribution in [0.2, 0.25) is 0 Å². The molecule has 0 N–H and O–H groups in total. The van der Waals surface area contributed by atoms with Crippen LogP contribution in [-0.4, -0.2) is 0 Å². The lowest BCUT2D eigenvalue weighted by Gasteiger charge is -2.24. The summed E-state index contributed by atoms with van der Waals surface area (Å²) in [6, 6.07) is 0. The van der Waals surface area contributed by atoms with E-state index in [0.717, 1.165) is 0 Å². The summed E-state index contributed by atoms with van der Waals surface area (Å²) in [4.78, 5) is 0. The van der Waals surface area contributed by atoms with Crippen molar-refractivity contribution in [2.75, 3.05) is 0 Å². The fourth-order valence-corrected chi connectivity index (χ4v) is 1.87. The Bertz CT molecular complexity index is 157. The van der Waals surface area contributed by atoms with Gasteiger partial charge in [-0.1, -0.05) is 45.3 Å². The molecular formula is C12H22. The van der Waals surface area contributed by atoms with Gasteiger partial charge in [0.2, 0.25) is 0 Å². The molecule has 0 saturated heterocycles. The molecule has 0 bridgehead atoms. The van der Waals surface area contributed by atoms with Crippen LogP contribution in [0.1, 0.15) is 59.3 Å². The summed E-state index contributed by atoms with van der Waals surface area (Å²) >= 11 is 0. The Morgan fingerprint density at radius 3 is 2.33 bits per heavy atom. The Balaban J connectivity index is 2.59. The van der Waals surface area contributed by atoms with Gasteiger partial charge in [-0.25, -0.2) is 0 Å². The van der Waals surface area contributed by atoms with Gasteiger partial charge in [-0.3, -0.25) is 0 Å². The highest BCUT2D eigenvalue weighted by atomic mass is 14.2. The van der Waals surface area contributed by atoms with Crippen LogP contribution in [0.5, 0.6) is 0 Å². The molecule has 0 aromatic heterocycles. The van der Waals surface area contributed by atoms with Gasteiger partial charge >= 0.3 is 0 Å². The second kappa shape index (κ2) is 4.11. The molecule has 0 heterocycles. The van der Waals surface area contributed by atoms with Gasteiger partial charge in [0.25, 0.3) is 0 Å². The van der Waals surface area contributed by atoms with E-state index in [9.17, 15) is 0 Å². The summed E-state index contributed by atoms with van der Waals surface area (Å²) in [5.41, 5.74) is 2.10. The van der Waals surface area contributed by atoms with Crippen LogP contribution >= 0.6 is 0 Å². The highest BCUT2D eigenvalue weighted by Crippen LogP contribution is 2.31. The quantitative estimate of drug-likeness (QED) is 0.470. The largest absolute Gasteiger partial charge is 0.0848 e. The van der Waals surface area contributed by atoms with Crippen molar-refractivity contribution < 1.29 is 0 Å². The molecule has 0 aromatic carbocycles. The summed E-state index contributed by atoms with van der Waals surface area (Å²) in [6.07, 6.45) is 10.8. The van der Waals surface area contributed by atoms with Crippen molar-refractivity contribution in [2.45, 2.75) is 59.3 Å². The third-order valence-electron chi connectivity index (χ3n) is 2.75. The predicted molar refractivity (Wildman–Crippen MR) is 55.2 cm³/mol. The molecule has 0 amide bonds. The first-order valence-corrected chi connectivity index (χ1v) is 5.30. The van der Waals surface area contributed by atoms with Crippen LogP contribution in [0.25, 0.3) is 0 Å². The average Bonchev–Trinajstić information content (AvgIpc) is 1.81. The molecule has 0 saturated carbocycles. The van der Waals surface area contributed by atoms with E-state index in [1.54, 1.807) is 5.57 Å². The van der Waals surface area contributed by atoms with Crippen molar-refractivity contribution in [1.82, 2.24) is 0 Å². The minimum Gasteiger partial charge on any atom is -0.0848 e. The van der Waals surface area contributed by atoms with E-state index in [0.29, 0.717) is 5.41 Å². The molecule has 0 fully saturated rings. The zero-order valence-electron chi connectivity index (χ0n) is 8.82. The van der Waals surface area contributed by atoms with Crippen LogP contribution in [0.15, 0.2) is 11.6 Å². The maximum Gasteiger partial charge on any atom is -0.0173 e. The lowest BCUT2D eigenvalue weighted by molar-refractivity contribution is 0.461. The molecule has 0 unspecified atom stereocenters. The van der Waals surface area contributed by atoms with E-state index in [-0.39, 0.29) is 0 Å². The van der Waals surface area contributed by atoms with Gasteiger partial charge in [0, 0.05) is 0 Å². The Hall–Kier alpha value is -0.260. The van der Waals surface area contributed by atoms with Gasteiger partial charge in [-0.2, -0.15) is 0 Å². The molecular weight excluding hydrogens is 144 g/mol. The summed E-state index contributed by atoms with van der Waals surface area (Å²) in [7, 11) is 0. The van der Waals surface area contributed by atoms with Crippen LogP contribution < -0.4 is 0 Å². The Morgan fingerprint density at radius 2 is 1.67 bits per heavy atom. The van der Waals surface area contributed by atoms with E-state index in [1.807, 2.05) is 0 Å². The second-order valence-electron chi connectivity index (χ2n) is 4.93. The van der Waals surface area contributed by atoms with Crippen LogP contribution in [0, 0.1) is 5.41 Å². The normalized spacial score (nSPS) is 21.1. The molecule has 1 rings (SSSR count). The maximum absolute atomic E-state index is 2.49. The van der Waals surface area contributed by atoms with E-state index < -0.39 is 0 Å². The van der Waals surface area contributed by atoms with E-state index >= 15 is 0 Å². The highest BCUT2D eigenvalue weighted by Gasteiger charge is 2.16. The zero-order valence-corrected chi connectivity index (χ0v) is 8.82. The standard InChI is InChI=1S/C12H22/c1-12(2,3)11-9-7-5-4-6-8-10-11/h9H,4-8,10H2,1-3H3. The molecule has 0 nitrogen and oxygen atoms in total. The minimum absolute atomic E-state index is 0.414. The third kappa shape index (κ3) is 3.00. The van der Waals surface area contributed by atoms with Crippen molar-refractivity contribution in [3.63, 3.8) is 0 Å². The topological polar surface area (TPSA) is 0 Å². The van der Waals surface area contributed by atoms with Gasteiger partial charge in [0.15, 0.2) is 0 Å². The molecule has 0 aliphatic heterocycles. The molecule has 0 heteroatoms. The van der Waals surface area contributed by atoms with Gasteiger partial charge in [0.1, 0.15) is 0 Å². The minimum atomic E-state index is 0.414. The first kappa shape index (κ1) is 9.83. The molecule has 70 valence electrons. The predicted octanol–water partition coefficient (Wildman–Crippen LogP) is 4.31. The van der Waals surface area contributed by atoms with Crippen molar-refractivity contribution >= 4 is 0 Å². The van der Waals surface area contributed by atoms with Gasteiger partial charge in [-0.15, -0.1) is 0 Å². The van der Waals surface area contributed by atoms with Gasteiger partial charge in [0.05, 0.1) is 0 Å². The van der Waals surface area contributed by atoms with Crippen LogP contribution in [-0.2, 0) is 0 Å². The summed E-state index contributed by atoms with van der Waals surface area (Å²) in [6.45, 7) is 7.00. The lowest BCUT2D eigenvalue weighted by atomic mass is 9.81. The summed E-state index contributed by atoms with van der Waals surface area (Å²) in [5, 5.41) is 0. The fourth-order valence-electron chi connectivity index (χ4n) is 1.87. The van der Waals surface area contributed by atoms with E-state index in [4.69, 9.17) is 0 Å².